The fraction of sp³-hybridized carbons (Fsp3) is 0.211. The monoisotopic (exact) mass is 334 g/mol. The van der Waals surface area contributed by atoms with E-state index in [4.69, 9.17) is 5.73 Å². The first-order valence-electron chi connectivity index (χ1n) is 8.20. The van der Waals surface area contributed by atoms with Crippen LogP contribution in [0, 0.1) is 0 Å². The number of carbonyl (C=O) groups is 2. The predicted octanol–water partition coefficient (Wildman–Crippen LogP) is 2.80. The Morgan fingerprint density at radius 3 is 2.44 bits per heavy atom. The van der Waals surface area contributed by atoms with Gasteiger partial charge in [0.1, 0.15) is 5.82 Å². The number of carbonyl (C=O) groups excluding carboxylic acids is 2. The molecule has 25 heavy (non-hydrogen) atoms. The van der Waals surface area contributed by atoms with Gasteiger partial charge >= 0.3 is 0 Å². The Morgan fingerprint density at radius 2 is 1.80 bits per heavy atom. The molecule has 2 aromatic carbocycles. The van der Waals surface area contributed by atoms with Crippen molar-refractivity contribution in [2.45, 2.75) is 18.8 Å². The van der Waals surface area contributed by atoms with Gasteiger partial charge in [0.2, 0.25) is 5.91 Å². The molecule has 1 aliphatic carbocycles. The van der Waals surface area contributed by atoms with Crippen LogP contribution in [0.15, 0.2) is 42.5 Å². The van der Waals surface area contributed by atoms with Crippen LogP contribution in [0.1, 0.15) is 45.3 Å². The lowest BCUT2D eigenvalue weighted by Crippen LogP contribution is -2.13. The van der Waals surface area contributed by atoms with Crippen molar-refractivity contribution in [3.05, 3.63) is 59.4 Å². The van der Waals surface area contributed by atoms with Crippen molar-refractivity contribution in [2.24, 2.45) is 12.8 Å². The van der Waals surface area contributed by atoms with Crippen LogP contribution in [-0.4, -0.2) is 21.4 Å². The fourth-order valence-corrected chi connectivity index (χ4v) is 2.99. The number of nitrogens with two attached hydrogens (primary N) is 1. The van der Waals surface area contributed by atoms with E-state index in [9.17, 15) is 9.59 Å². The summed E-state index contributed by atoms with van der Waals surface area (Å²) in [5.41, 5.74) is 8.64. The van der Waals surface area contributed by atoms with Crippen molar-refractivity contribution < 1.29 is 9.59 Å². The van der Waals surface area contributed by atoms with Crippen molar-refractivity contribution in [1.82, 2.24) is 9.55 Å². The largest absolute Gasteiger partial charge is 0.366 e. The normalized spacial score (nSPS) is 13.8. The van der Waals surface area contributed by atoms with Crippen molar-refractivity contribution in [3.8, 4) is 0 Å². The van der Waals surface area contributed by atoms with Gasteiger partial charge in [-0.05, 0) is 55.3 Å². The molecular formula is C19H18N4O2. The van der Waals surface area contributed by atoms with Gasteiger partial charge in [0, 0.05) is 29.8 Å². The van der Waals surface area contributed by atoms with Crippen molar-refractivity contribution in [1.29, 1.82) is 0 Å². The van der Waals surface area contributed by atoms with Crippen LogP contribution in [0.5, 0.6) is 0 Å². The van der Waals surface area contributed by atoms with Gasteiger partial charge in [-0.15, -0.1) is 0 Å². The molecule has 4 rings (SSSR count). The number of fused-ring (bicyclic) bond motifs is 1. The molecule has 1 aromatic heterocycles. The molecule has 0 atom stereocenters. The second-order valence-electron chi connectivity index (χ2n) is 6.40. The standard InChI is InChI=1S/C19H18N4O2/c1-23-16-9-6-13(10-15(16)22-18(23)12-2-3-12)19(25)21-14-7-4-11(5-8-14)17(20)24/h4-10,12H,2-3H2,1H3,(H2,20,24)(H,21,25). The van der Waals surface area contributed by atoms with Gasteiger partial charge in [-0.3, -0.25) is 9.59 Å². The van der Waals surface area contributed by atoms with Gasteiger partial charge in [0.05, 0.1) is 11.0 Å². The first-order chi connectivity index (χ1) is 12.0. The zero-order valence-electron chi connectivity index (χ0n) is 13.8. The Bertz CT molecular complexity index is 985. The lowest BCUT2D eigenvalue weighted by Gasteiger charge is -2.06. The maximum atomic E-state index is 12.5. The van der Waals surface area contributed by atoms with E-state index in [0.717, 1.165) is 16.9 Å². The van der Waals surface area contributed by atoms with E-state index in [-0.39, 0.29) is 5.91 Å². The van der Waals surface area contributed by atoms with E-state index < -0.39 is 5.91 Å². The van der Waals surface area contributed by atoms with E-state index in [1.807, 2.05) is 19.2 Å². The first kappa shape index (κ1) is 15.4. The Kier molecular flexibility index (Phi) is 3.53. The lowest BCUT2D eigenvalue weighted by molar-refractivity contribution is 0.0998. The quantitative estimate of drug-likeness (QED) is 0.769. The molecule has 1 fully saturated rings. The summed E-state index contributed by atoms with van der Waals surface area (Å²) >= 11 is 0. The summed E-state index contributed by atoms with van der Waals surface area (Å²) in [5, 5.41) is 2.82. The summed E-state index contributed by atoms with van der Waals surface area (Å²) in [6, 6.07) is 12.0. The number of benzene rings is 2. The summed E-state index contributed by atoms with van der Waals surface area (Å²) < 4.78 is 2.11. The Morgan fingerprint density at radius 1 is 1.12 bits per heavy atom. The summed E-state index contributed by atoms with van der Waals surface area (Å²) in [6.45, 7) is 0. The van der Waals surface area contributed by atoms with Crippen molar-refractivity contribution in [3.63, 3.8) is 0 Å². The maximum Gasteiger partial charge on any atom is 0.255 e. The highest BCUT2D eigenvalue weighted by Gasteiger charge is 2.28. The number of aromatic nitrogens is 2. The molecule has 6 heteroatoms. The Labute approximate surface area is 144 Å². The zero-order chi connectivity index (χ0) is 17.6. The van der Waals surface area contributed by atoms with Crippen molar-refractivity contribution >= 4 is 28.5 Å². The number of hydrogen-bond donors (Lipinski definition) is 2. The van der Waals surface area contributed by atoms with Gasteiger partial charge in [0.25, 0.3) is 5.91 Å². The highest BCUT2D eigenvalue weighted by Crippen LogP contribution is 2.40. The van der Waals surface area contributed by atoms with Crippen LogP contribution in [0.4, 0.5) is 5.69 Å². The van der Waals surface area contributed by atoms with Gasteiger partial charge in [-0.2, -0.15) is 0 Å². The second-order valence-corrected chi connectivity index (χ2v) is 6.40. The molecule has 0 spiro atoms. The van der Waals surface area contributed by atoms with E-state index in [1.165, 1.54) is 12.8 Å². The topological polar surface area (TPSA) is 90.0 Å². The third-order valence-electron chi connectivity index (χ3n) is 4.55. The molecule has 0 aliphatic heterocycles. The average molecular weight is 334 g/mol. The molecular weight excluding hydrogens is 316 g/mol. The van der Waals surface area contributed by atoms with E-state index in [2.05, 4.69) is 14.9 Å². The van der Waals surface area contributed by atoms with Crippen LogP contribution in [0.25, 0.3) is 11.0 Å². The number of aryl methyl sites for hydroxylation is 1. The van der Waals surface area contributed by atoms with Gasteiger partial charge < -0.3 is 15.6 Å². The first-order valence-corrected chi connectivity index (χ1v) is 8.20. The van der Waals surface area contributed by atoms with Gasteiger partial charge in [-0.25, -0.2) is 4.98 Å². The fourth-order valence-electron chi connectivity index (χ4n) is 2.99. The SMILES string of the molecule is Cn1c(C2CC2)nc2cc(C(=O)Nc3ccc(C(N)=O)cc3)ccc21. The number of nitrogens with one attached hydrogen (secondary N) is 1. The summed E-state index contributed by atoms with van der Waals surface area (Å²) in [6.07, 6.45) is 2.37. The molecule has 1 heterocycles. The number of primary amides is 1. The number of rotatable bonds is 4. The van der Waals surface area contributed by atoms with Gasteiger partial charge in [-0.1, -0.05) is 0 Å². The van der Waals surface area contributed by atoms with E-state index >= 15 is 0 Å². The molecule has 2 amide bonds. The number of imidazole rings is 1. The maximum absolute atomic E-state index is 12.5. The molecule has 3 aromatic rings. The number of nitrogens with zero attached hydrogens (tertiary/aromatic N) is 2. The smallest absolute Gasteiger partial charge is 0.255 e. The van der Waals surface area contributed by atoms with Crippen LogP contribution in [-0.2, 0) is 7.05 Å². The highest BCUT2D eigenvalue weighted by molar-refractivity contribution is 6.06. The van der Waals surface area contributed by atoms with Crippen LogP contribution < -0.4 is 11.1 Å². The third kappa shape index (κ3) is 2.87. The zero-order valence-corrected chi connectivity index (χ0v) is 13.8. The number of amides is 2. The Hall–Kier alpha value is -3.15. The molecule has 6 nitrogen and oxygen atoms in total. The molecule has 3 N–H and O–H groups in total. The minimum absolute atomic E-state index is 0.215. The minimum Gasteiger partial charge on any atom is -0.366 e. The lowest BCUT2D eigenvalue weighted by atomic mass is 10.1. The van der Waals surface area contributed by atoms with E-state index in [0.29, 0.717) is 22.7 Å². The number of anilines is 1. The van der Waals surface area contributed by atoms with Crippen molar-refractivity contribution in [2.75, 3.05) is 5.32 Å². The van der Waals surface area contributed by atoms with Crippen LogP contribution >= 0.6 is 0 Å². The predicted molar refractivity (Wildman–Crippen MR) is 95.6 cm³/mol. The molecule has 0 radical (unpaired) electrons. The number of hydrogen-bond acceptors (Lipinski definition) is 3. The molecule has 0 unspecified atom stereocenters. The molecule has 1 aliphatic rings. The molecule has 126 valence electrons. The van der Waals surface area contributed by atoms with Crippen LogP contribution in [0.3, 0.4) is 0 Å². The molecule has 0 saturated heterocycles. The molecule has 1 saturated carbocycles. The molecule has 0 bridgehead atoms. The summed E-state index contributed by atoms with van der Waals surface area (Å²) in [5.74, 6) is 0.936. The minimum atomic E-state index is -0.495. The second kappa shape index (κ2) is 5.73. The Balaban J connectivity index is 1.58. The van der Waals surface area contributed by atoms with Crippen LogP contribution in [0.2, 0.25) is 0 Å². The average Bonchev–Trinajstić information content (AvgIpc) is 3.39. The summed E-state index contributed by atoms with van der Waals surface area (Å²) in [4.78, 5) is 28.3. The third-order valence-corrected chi connectivity index (χ3v) is 4.55. The van der Waals surface area contributed by atoms with Gasteiger partial charge in [0.15, 0.2) is 0 Å². The van der Waals surface area contributed by atoms with E-state index in [1.54, 1.807) is 30.3 Å². The summed E-state index contributed by atoms with van der Waals surface area (Å²) in [7, 11) is 2.02. The highest BCUT2D eigenvalue weighted by atomic mass is 16.2.